The van der Waals surface area contributed by atoms with Crippen LogP contribution in [0.3, 0.4) is 0 Å². The Labute approximate surface area is 158 Å². The smallest absolute Gasteiger partial charge is 0.251 e. The first kappa shape index (κ1) is 21.0. The largest absolute Gasteiger partial charge is 0.335 e. The second-order valence-corrected chi connectivity index (χ2v) is 9.89. The Morgan fingerprint density at radius 1 is 1.46 bits per heavy atom. The lowest BCUT2D eigenvalue weighted by atomic mass is 10.1. The average Bonchev–Trinajstić information content (AvgIpc) is 2.92. The number of rotatable bonds is 8. The fourth-order valence-electron chi connectivity index (χ4n) is 3.14. The molecular formula is C17H27N3O4S2. The van der Waals surface area contributed by atoms with Crippen LogP contribution in [0.1, 0.15) is 45.7 Å². The maximum atomic E-state index is 12.8. The summed E-state index contributed by atoms with van der Waals surface area (Å²) in [5.74, 6) is 0.183. The van der Waals surface area contributed by atoms with Gasteiger partial charge in [0.2, 0.25) is 5.91 Å². The SMILES string of the molecule is CCCc1cc(=O)[nH]c(SCC(=O)N([C@@H]2CCS(=O)(=O)C2)[C@@H](C)CC)n1. The molecule has 0 radical (unpaired) electrons. The van der Waals surface area contributed by atoms with Crippen LogP contribution in [0.4, 0.5) is 0 Å². The molecule has 1 aliphatic heterocycles. The van der Waals surface area contributed by atoms with Crippen molar-refractivity contribution in [1.82, 2.24) is 14.9 Å². The van der Waals surface area contributed by atoms with E-state index in [0.717, 1.165) is 12.8 Å². The summed E-state index contributed by atoms with van der Waals surface area (Å²) in [4.78, 5) is 33.3. The van der Waals surface area contributed by atoms with Crippen molar-refractivity contribution in [3.63, 3.8) is 0 Å². The van der Waals surface area contributed by atoms with Crippen molar-refractivity contribution in [1.29, 1.82) is 0 Å². The number of nitrogens with one attached hydrogen (secondary N) is 1. The zero-order valence-corrected chi connectivity index (χ0v) is 17.2. The summed E-state index contributed by atoms with van der Waals surface area (Å²) >= 11 is 1.19. The summed E-state index contributed by atoms with van der Waals surface area (Å²) in [6.07, 6.45) is 2.85. The number of carbonyl (C=O) groups is 1. The van der Waals surface area contributed by atoms with Gasteiger partial charge in [-0.15, -0.1) is 0 Å². The predicted octanol–water partition coefficient (Wildman–Crippen LogP) is 1.63. The van der Waals surface area contributed by atoms with Gasteiger partial charge in [-0.1, -0.05) is 32.0 Å². The van der Waals surface area contributed by atoms with Gasteiger partial charge < -0.3 is 9.88 Å². The minimum Gasteiger partial charge on any atom is -0.335 e. The van der Waals surface area contributed by atoms with Crippen LogP contribution in [0.5, 0.6) is 0 Å². The number of aryl methyl sites for hydroxylation is 1. The Kier molecular flexibility index (Phi) is 7.28. The highest BCUT2D eigenvalue weighted by Gasteiger charge is 2.36. The van der Waals surface area contributed by atoms with E-state index in [2.05, 4.69) is 9.97 Å². The van der Waals surface area contributed by atoms with Crippen LogP contribution in [0.15, 0.2) is 16.0 Å². The fourth-order valence-corrected chi connectivity index (χ4v) is 5.62. The zero-order chi connectivity index (χ0) is 19.3. The molecular weight excluding hydrogens is 374 g/mol. The molecule has 2 heterocycles. The van der Waals surface area contributed by atoms with E-state index >= 15 is 0 Å². The third-order valence-electron chi connectivity index (χ3n) is 4.57. The van der Waals surface area contributed by atoms with Gasteiger partial charge in [-0.05, 0) is 26.2 Å². The van der Waals surface area contributed by atoms with Crippen molar-refractivity contribution in [2.75, 3.05) is 17.3 Å². The van der Waals surface area contributed by atoms with E-state index in [9.17, 15) is 18.0 Å². The molecule has 26 heavy (non-hydrogen) atoms. The molecule has 0 aromatic carbocycles. The maximum Gasteiger partial charge on any atom is 0.251 e. The van der Waals surface area contributed by atoms with Crippen molar-refractivity contribution in [3.8, 4) is 0 Å². The van der Waals surface area contributed by atoms with E-state index in [1.165, 1.54) is 17.8 Å². The molecule has 1 aliphatic rings. The van der Waals surface area contributed by atoms with E-state index in [1.54, 1.807) is 4.90 Å². The third kappa shape index (κ3) is 5.57. The Balaban J connectivity index is 2.09. The number of thioether (sulfide) groups is 1. The zero-order valence-electron chi connectivity index (χ0n) is 15.5. The molecule has 0 bridgehead atoms. The monoisotopic (exact) mass is 401 g/mol. The summed E-state index contributed by atoms with van der Waals surface area (Å²) in [6, 6.07) is 1.19. The van der Waals surface area contributed by atoms with Gasteiger partial charge in [0.05, 0.1) is 17.3 Å². The minimum atomic E-state index is -3.06. The molecule has 7 nitrogen and oxygen atoms in total. The van der Waals surface area contributed by atoms with Crippen LogP contribution in [0.2, 0.25) is 0 Å². The first-order valence-electron chi connectivity index (χ1n) is 9.00. The van der Waals surface area contributed by atoms with Crippen molar-refractivity contribution < 1.29 is 13.2 Å². The predicted molar refractivity (Wildman–Crippen MR) is 103 cm³/mol. The average molecular weight is 402 g/mol. The van der Waals surface area contributed by atoms with Crippen LogP contribution in [-0.2, 0) is 21.1 Å². The number of hydrogen-bond donors (Lipinski definition) is 1. The van der Waals surface area contributed by atoms with E-state index < -0.39 is 9.84 Å². The van der Waals surface area contributed by atoms with Crippen molar-refractivity contribution in [2.45, 2.75) is 63.7 Å². The molecule has 9 heteroatoms. The summed E-state index contributed by atoms with van der Waals surface area (Å²) in [6.45, 7) is 5.93. The highest BCUT2D eigenvalue weighted by Crippen LogP contribution is 2.23. The molecule has 1 saturated heterocycles. The summed E-state index contributed by atoms with van der Waals surface area (Å²) in [7, 11) is -3.06. The second kappa shape index (κ2) is 9.03. The molecule has 1 N–H and O–H groups in total. The molecule has 0 spiro atoms. The first-order valence-corrected chi connectivity index (χ1v) is 11.8. The van der Waals surface area contributed by atoms with Gasteiger partial charge in [0.15, 0.2) is 15.0 Å². The summed E-state index contributed by atoms with van der Waals surface area (Å²) in [5.41, 5.74) is 0.492. The van der Waals surface area contributed by atoms with Gasteiger partial charge in [0.1, 0.15) is 0 Å². The van der Waals surface area contributed by atoms with E-state index in [1.807, 2.05) is 20.8 Å². The number of hydrogen-bond acceptors (Lipinski definition) is 6. The van der Waals surface area contributed by atoms with Crippen LogP contribution >= 0.6 is 11.8 Å². The molecule has 1 fully saturated rings. The fraction of sp³-hybridized carbons (Fsp3) is 0.706. The highest BCUT2D eigenvalue weighted by molar-refractivity contribution is 7.99. The Morgan fingerprint density at radius 2 is 2.19 bits per heavy atom. The summed E-state index contributed by atoms with van der Waals surface area (Å²) < 4.78 is 23.6. The topological polar surface area (TPSA) is 100 Å². The molecule has 2 rings (SSSR count). The van der Waals surface area contributed by atoms with Crippen molar-refractivity contribution >= 4 is 27.5 Å². The second-order valence-electron chi connectivity index (χ2n) is 6.70. The van der Waals surface area contributed by atoms with Crippen LogP contribution < -0.4 is 5.56 Å². The molecule has 1 amide bonds. The molecule has 1 aromatic rings. The number of nitrogens with zero attached hydrogens (tertiary/aromatic N) is 2. The number of aromatic nitrogens is 2. The van der Waals surface area contributed by atoms with Crippen molar-refractivity contribution in [2.24, 2.45) is 0 Å². The standard InChI is InChI=1S/C17H27N3O4S2/c1-4-6-13-9-15(21)19-17(18-13)25-10-16(22)20(12(3)5-2)14-7-8-26(23,24)11-14/h9,12,14H,4-8,10-11H2,1-3H3,(H,18,19,21)/t12-,14+/m0/s1. The van der Waals surface area contributed by atoms with E-state index in [0.29, 0.717) is 23.7 Å². The third-order valence-corrected chi connectivity index (χ3v) is 7.18. The van der Waals surface area contributed by atoms with Crippen molar-refractivity contribution in [3.05, 3.63) is 22.1 Å². The van der Waals surface area contributed by atoms with Gasteiger partial charge in [0, 0.05) is 23.8 Å². The first-order chi connectivity index (χ1) is 12.3. The van der Waals surface area contributed by atoms with E-state index in [-0.39, 0.29) is 40.8 Å². The summed E-state index contributed by atoms with van der Waals surface area (Å²) in [5, 5.41) is 0.428. The Bertz CT molecular complexity index is 791. The lowest BCUT2D eigenvalue weighted by Gasteiger charge is -2.33. The van der Waals surface area contributed by atoms with Crippen LogP contribution in [0, 0.1) is 0 Å². The van der Waals surface area contributed by atoms with Crippen LogP contribution in [0.25, 0.3) is 0 Å². The Morgan fingerprint density at radius 3 is 2.77 bits per heavy atom. The molecule has 146 valence electrons. The Hall–Kier alpha value is -1.35. The van der Waals surface area contributed by atoms with Gasteiger partial charge >= 0.3 is 0 Å². The van der Waals surface area contributed by atoms with Gasteiger partial charge in [-0.25, -0.2) is 13.4 Å². The van der Waals surface area contributed by atoms with E-state index in [4.69, 9.17) is 0 Å². The number of sulfone groups is 1. The highest BCUT2D eigenvalue weighted by atomic mass is 32.2. The quantitative estimate of drug-likeness (QED) is 0.525. The molecule has 0 aliphatic carbocycles. The normalized spacial score (nSPS) is 20.0. The number of carbonyl (C=O) groups excluding carboxylic acids is 1. The van der Waals surface area contributed by atoms with Gasteiger partial charge in [0.25, 0.3) is 5.56 Å². The van der Waals surface area contributed by atoms with Crippen LogP contribution in [-0.4, -0.2) is 58.5 Å². The molecule has 0 saturated carbocycles. The lowest BCUT2D eigenvalue weighted by Crippen LogP contribution is -2.47. The number of H-pyrrole nitrogens is 1. The van der Waals surface area contributed by atoms with Gasteiger partial charge in [-0.3, -0.25) is 9.59 Å². The molecule has 1 aromatic heterocycles. The molecule has 2 atom stereocenters. The lowest BCUT2D eigenvalue weighted by molar-refractivity contribution is -0.132. The molecule has 0 unspecified atom stereocenters. The number of amides is 1. The van der Waals surface area contributed by atoms with Gasteiger partial charge in [-0.2, -0.15) is 0 Å². The minimum absolute atomic E-state index is 0.0279. The number of aromatic amines is 1. The maximum absolute atomic E-state index is 12.8.